The second kappa shape index (κ2) is 7.98. The summed E-state index contributed by atoms with van der Waals surface area (Å²) in [5.74, 6) is 1.05. The van der Waals surface area contributed by atoms with Gasteiger partial charge in [0.25, 0.3) is 0 Å². The van der Waals surface area contributed by atoms with Gasteiger partial charge in [-0.1, -0.05) is 13.8 Å². The fraction of sp³-hybridized carbons (Fsp3) is 0.625. The maximum Gasteiger partial charge on any atom is 0.239 e. The van der Waals surface area contributed by atoms with Crippen LogP contribution in [0.5, 0.6) is 0 Å². The third-order valence-electron chi connectivity index (χ3n) is 3.30. The van der Waals surface area contributed by atoms with Crippen molar-refractivity contribution in [2.75, 3.05) is 13.1 Å². The van der Waals surface area contributed by atoms with Gasteiger partial charge in [-0.15, -0.1) is 0 Å². The van der Waals surface area contributed by atoms with Crippen molar-refractivity contribution < 1.29 is 19.1 Å². The van der Waals surface area contributed by atoms with Gasteiger partial charge >= 0.3 is 0 Å². The lowest BCUT2D eigenvalue weighted by Crippen LogP contribution is -2.43. The molecule has 0 aliphatic rings. The minimum atomic E-state index is -1.29. The summed E-state index contributed by atoms with van der Waals surface area (Å²) in [5.41, 5.74) is -1.29. The molecule has 1 atom stereocenters. The number of aliphatic hydroxyl groups is 1. The maximum absolute atomic E-state index is 11.7. The van der Waals surface area contributed by atoms with Crippen molar-refractivity contribution in [3.63, 3.8) is 0 Å². The second-order valence-corrected chi connectivity index (χ2v) is 6.17. The number of aryl methyl sites for hydroxylation is 1. The highest BCUT2D eigenvalue weighted by molar-refractivity contribution is 5.84. The molecule has 0 spiro atoms. The van der Waals surface area contributed by atoms with Crippen molar-refractivity contribution in [1.82, 2.24) is 10.6 Å². The molecule has 1 unspecified atom stereocenters. The molecule has 0 radical (unpaired) electrons. The first-order chi connectivity index (χ1) is 10.2. The van der Waals surface area contributed by atoms with E-state index in [2.05, 4.69) is 10.6 Å². The van der Waals surface area contributed by atoms with E-state index < -0.39 is 5.60 Å². The molecule has 0 saturated heterocycles. The fourth-order valence-electron chi connectivity index (χ4n) is 1.83. The molecule has 0 saturated carbocycles. The molecule has 0 fully saturated rings. The van der Waals surface area contributed by atoms with Gasteiger partial charge in [0, 0.05) is 6.42 Å². The van der Waals surface area contributed by atoms with Crippen molar-refractivity contribution in [3.8, 4) is 0 Å². The topological polar surface area (TPSA) is 91.6 Å². The lowest BCUT2D eigenvalue weighted by atomic mass is 10.0. The zero-order chi connectivity index (χ0) is 16.8. The number of hydrogen-bond donors (Lipinski definition) is 3. The number of rotatable bonds is 8. The van der Waals surface area contributed by atoms with Gasteiger partial charge in [0.1, 0.15) is 17.1 Å². The van der Waals surface area contributed by atoms with Crippen LogP contribution in [0, 0.1) is 12.8 Å². The van der Waals surface area contributed by atoms with Gasteiger partial charge in [0.2, 0.25) is 11.8 Å². The van der Waals surface area contributed by atoms with E-state index in [0.29, 0.717) is 23.9 Å². The average molecular weight is 310 g/mol. The van der Waals surface area contributed by atoms with E-state index in [1.165, 1.54) is 0 Å². The molecule has 124 valence electrons. The largest absolute Gasteiger partial charge is 0.463 e. The summed E-state index contributed by atoms with van der Waals surface area (Å²) in [7, 11) is 0. The number of hydrogen-bond acceptors (Lipinski definition) is 4. The third kappa shape index (κ3) is 6.30. The molecule has 3 N–H and O–H groups in total. The van der Waals surface area contributed by atoms with Crippen molar-refractivity contribution in [2.45, 2.75) is 46.1 Å². The van der Waals surface area contributed by atoms with Crippen LogP contribution in [0.15, 0.2) is 16.5 Å². The first kappa shape index (κ1) is 18.2. The Bertz CT molecular complexity index is 506. The van der Waals surface area contributed by atoms with E-state index in [4.69, 9.17) is 4.42 Å². The lowest BCUT2D eigenvalue weighted by Gasteiger charge is -2.21. The van der Waals surface area contributed by atoms with E-state index in [1.807, 2.05) is 13.8 Å². The van der Waals surface area contributed by atoms with Crippen LogP contribution < -0.4 is 10.6 Å². The Hall–Kier alpha value is -1.82. The predicted molar refractivity (Wildman–Crippen MR) is 83.1 cm³/mol. The summed E-state index contributed by atoms with van der Waals surface area (Å²) in [6.45, 7) is 7.35. The fourth-order valence-corrected chi connectivity index (χ4v) is 1.83. The number of amides is 2. The standard InChI is InChI=1S/C16H26N2O4/c1-11(2)5-8-14(19)17-9-15(20)18-10-16(4,21)13-7-6-12(3)22-13/h6-7,11,21H,5,8-10H2,1-4H3,(H,17,19)(H,18,20). The summed E-state index contributed by atoms with van der Waals surface area (Å²) in [4.78, 5) is 23.2. The molecule has 0 bridgehead atoms. The molecular weight excluding hydrogens is 284 g/mol. The molecule has 1 rings (SSSR count). The molecule has 0 aliphatic carbocycles. The van der Waals surface area contributed by atoms with Gasteiger partial charge in [-0.25, -0.2) is 0 Å². The molecule has 1 aromatic heterocycles. The Morgan fingerprint density at radius 1 is 1.27 bits per heavy atom. The molecule has 2 amide bonds. The van der Waals surface area contributed by atoms with Crippen LogP contribution in [0.25, 0.3) is 0 Å². The quantitative estimate of drug-likeness (QED) is 0.678. The van der Waals surface area contributed by atoms with Gasteiger partial charge in [-0.05, 0) is 38.3 Å². The highest BCUT2D eigenvalue weighted by Gasteiger charge is 2.27. The van der Waals surface area contributed by atoms with Crippen LogP contribution in [-0.2, 0) is 15.2 Å². The predicted octanol–water partition coefficient (Wildman–Crippen LogP) is 1.46. The molecule has 6 nitrogen and oxygen atoms in total. The minimum absolute atomic E-state index is 0.0145. The lowest BCUT2D eigenvalue weighted by molar-refractivity contribution is -0.126. The van der Waals surface area contributed by atoms with Crippen molar-refractivity contribution >= 4 is 11.8 Å². The molecule has 6 heteroatoms. The van der Waals surface area contributed by atoms with E-state index in [1.54, 1.807) is 26.0 Å². The average Bonchev–Trinajstić information content (AvgIpc) is 2.88. The Morgan fingerprint density at radius 2 is 1.95 bits per heavy atom. The van der Waals surface area contributed by atoms with Crippen molar-refractivity contribution in [3.05, 3.63) is 23.7 Å². The van der Waals surface area contributed by atoms with Crippen LogP contribution in [0.1, 0.15) is 45.1 Å². The highest BCUT2D eigenvalue weighted by atomic mass is 16.4. The van der Waals surface area contributed by atoms with Crippen LogP contribution >= 0.6 is 0 Å². The van der Waals surface area contributed by atoms with E-state index >= 15 is 0 Å². The van der Waals surface area contributed by atoms with Crippen molar-refractivity contribution in [1.29, 1.82) is 0 Å². The number of carbonyl (C=O) groups is 2. The molecule has 0 aliphatic heterocycles. The highest BCUT2D eigenvalue weighted by Crippen LogP contribution is 2.21. The summed E-state index contributed by atoms with van der Waals surface area (Å²) >= 11 is 0. The van der Waals surface area contributed by atoms with Gasteiger partial charge in [-0.3, -0.25) is 9.59 Å². The summed E-state index contributed by atoms with van der Waals surface area (Å²) in [6.07, 6.45) is 1.20. The van der Waals surface area contributed by atoms with Gasteiger partial charge in [0.15, 0.2) is 0 Å². The van der Waals surface area contributed by atoms with E-state index in [9.17, 15) is 14.7 Å². The van der Waals surface area contributed by atoms with Gasteiger partial charge < -0.3 is 20.2 Å². The molecular formula is C16H26N2O4. The zero-order valence-electron chi connectivity index (χ0n) is 13.7. The summed E-state index contributed by atoms with van der Waals surface area (Å²) in [5, 5.41) is 15.4. The molecule has 22 heavy (non-hydrogen) atoms. The van der Waals surface area contributed by atoms with E-state index in [-0.39, 0.29) is 24.9 Å². The first-order valence-electron chi connectivity index (χ1n) is 7.53. The first-order valence-corrected chi connectivity index (χ1v) is 7.53. The Kier molecular flexibility index (Phi) is 6.61. The maximum atomic E-state index is 11.7. The number of carbonyl (C=O) groups excluding carboxylic acids is 2. The van der Waals surface area contributed by atoms with Crippen LogP contribution in [0.2, 0.25) is 0 Å². The van der Waals surface area contributed by atoms with Crippen LogP contribution in [0.4, 0.5) is 0 Å². The minimum Gasteiger partial charge on any atom is -0.463 e. The number of nitrogens with one attached hydrogen (secondary N) is 2. The Balaban J connectivity index is 2.32. The number of furan rings is 1. The SMILES string of the molecule is Cc1ccc(C(C)(O)CNC(=O)CNC(=O)CCC(C)C)o1. The monoisotopic (exact) mass is 310 g/mol. The van der Waals surface area contributed by atoms with Crippen molar-refractivity contribution in [2.24, 2.45) is 5.92 Å². The third-order valence-corrected chi connectivity index (χ3v) is 3.30. The summed E-state index contributed by atoms with van der Waals surface area (Å²) < 4.78 is 5.36. The van der Waals surface area contributed by atoms with E-state index in [0.717, 1.165) is 6.42 Å². The van der Waals surface area contributed by atoms with Gasteiger partial charge in [-0.2, -0.15) is 0 Å². The van der Waals surface area contributed by atoms with Crippen LogP contribution in [-0.4, -0.2) is 30.0 Å². The van der Waals surface area contributed by atoms with Crippen LogP contribution in [0.3, 0.4) is 0 Å². The zero-order valence-corrected chi connectivity index (χ0v) is 13.7. The van der Waals surface area contributed by atoms with Gasteiger partial charge in [0.05, 0.1) is 13.1 Å². The smallest absolute Gasteiger partial charge is 0.239 e. The normalized spacial score (nSPS) is 13.7. The Morgan fingerprint density at radius 3 is 2.50 bits per heavy atom. The molecule has 1 heterocycles. The second-order valence-electron chi connectivity index (χ2n) is 6.17. The Labute approximate surface area is 131 Å². The molecule has 0 aromatic carbocycles. The summed E-state index contributed by atoms with van der Waals surface area (Å²) in [6, 6.07) is 3.43. The molecule has 1 aromatic rings.